The van der Waals surface area contributed by atoms with Gasteiger partial charge in [-0.25, -0.2) is 9.97 Å². The van der Waals surface area contributed by atoms with Crippen molar-refractivity contribution < 1.29 is 4.79 Å². The molecule has 5 aromatic rings. The zero-order valence-corrected chi connectivity index (χ0v) is 17.5. The molecule has 0 saturated heterocycles. The summed E-state index contributed by atoms with van der Waals surface area (Å²) in [6.45, 7) is 0. The number of aromatic nitrogens is 3. The minimum Gasteiger partial charge on any atom is -0.326 e. The molecular weight excluding hydrogens is 404 g/mol. The van der Waals surface area contributed by atoms with Crippen LogP contribution in [0.15, 0.2) is 90.6 Å². The van der Waals surface area contributed by atoms with Gasteiger partial charge >= 0.3 is 0 Å². The third-order valence-corrected chi connectivity index (χ3v) is 5.92. The molecule has 0 aliphatic rings. The fraction of sp³-hybridized carbons (Fsp3) is 0.0800. The van der Waals surface area contributed by atoms with Crippen molar-refractivity contribution in [2.75, 3.05) is 5.32 Å². The molecule has 2 heterocycles. The lowest BCUT2D eigenvalue weighted by Crippen LogP contribution is -2.14. The number of amides is 1. The van der Waals surface area contributed by atoms with Gasteiger partial charge in [-0.15, -0.1) is 11.3 Å². The first kappa shape index (κ1) is 19.2. The van der Waals surface area contributed by atoms with Gasteiger partial charge < -0.3 is 5.32 Å². The van der Waals surface area contributed by atoms with Crippen LogP contribution in [0.1, 0.15) is 16.3 Å². The minimum absolute atomic E-state index is 0.0719. The maximum Gasteiger partial charge on any atom is 0.230 e. The Labute approximate surface area is 184 Å². The van der Waals surface area contributed by atoms with Crippen molar-refractivity contribution in [1.29, 1.82) is 0 Å². The van der Waals surface area contributed by atoms with E-state index < -0.39 is 0 Å². The fourth-order valence-electron chi connectivity index (χ4n) is 3.52. The van der Waals surface area contributed by atoms with Crippen LogP contribution in [0, 0.1) is 0 Å². The Morgan fingerprint density at radius 3 is 2.55 bits per heavy atom. The maximum absolute atomic E-state index is 12.5. The van der Waals surface area contributed by atoms with Gasteiger partial charge in [0.25, 0.3) is 0 Å². The number of hydrogen-bond donors (Lipinski definition) is 1. The lowest BCUT2D eigenvalue weighted by Gasteiger charge is -2.07. The highest BCUT2D eigenvalue weighted by molar-refractivity contribution is 7.09. The standard InChI is InChI=1S/C25H20N4OS/c30-24(15-20-16-31-25(28-20)14-18-6-2-1-3-7-18)27-19-10-12-21(13-11-19)29-17-26-22-8-4-5-9-23(22)29/h1-13,16-17H,14-15H2,(H,27,30). The van der Waals surface area contributed by atoms with E-state index in [4.69, 9.17) is 0 Å². The predicted octanol–water partition coefficient (Wildman–Crippen LogP) is 5.25. The number of rotatable bonds is 6. The van der Waals surface area contributed by atoms with Crippen molar-refractivity contribution in [3.8, 4) is 5.69 Å². The predicted molar refractivity (Wildman–Crippen MR) is 125 cm³/mol. The van der Waals surface area contributed by atoms with Crippen LogP contribution in [0.2, 0.25) is 0 Å². The molecule has 0 unspecified atom stereocenters. The first-order chi connectivity index (χ1) is 15.2. The molecule has 0 atom stereocenters. The Bertz CT molecular complexity index is 1320. The van der Waals surface area contributed by atoms with Gasteiger partial charge in [0.2, 0.25) is 5.91 Å². The number of carbonyl (C=O) groups is 1. The highest BCUT2D eigenvalue weighted by Gasteiger charge is 2.10. The number of carbonyl (C=O) groups excluding carboxylic acids is 1. The van der Waals surface area contributed by atoms with Gasteiger partial charge in [0.05, 0.1) is 28.2 Å². The van der Waals surface area contributed by atoms with E-state index in [2.05, 4.69) is 27.4 Å². The first-order valence-electron chi connectivity index (χ1n) is 10.0. The van der Waals surface area contributed by atoms with Gasteiger partial charge in [-0.05, 0) is 42.0 Å². The first-order valence-corrected chi connectivity index (χ1v) is 10.9. The number of hydrogen-bond acceptors (Lipinski definition) is 4. The van der Waals surface area contributed by atoms with Gasteiger partial charge in [-0.3, -0.25) is 9.36 Å². The maximum atomic E-state index is 12.5. The van der Waals surface area contributed by atoms with Gasteiger partial charge in [0.1, 0.15) is 6.33 Å². The smallest absolute Gasteiger partial charge is 0.230 e. The number of thiazole rings is 1. The summed E-state index contributed by atoms with van der Waals surface area (Å²) in [5, 5.41) is 5.94. The molecule has 1 amide bonds. The van der Waals surface area contributed by atoms with E-state index >= 15 is 0 Å². The third kappa shape index (κ3) is 4.39. The fourth-order valence-corrected chi connectivity index (χ4v) is 4.35. The van der Waals surface area contributed by atoms with Crippen LogP contribution in [-0.4, -0.2) is 20.4 Å². The van der Waals surface area contributed by atoms with Crippen LogP contribution < -0.4 is 5.32 Å². The van der Waals surface area contributed by atoms with Crippen molar-refractivity contribution in [3.63, 3.8) is 0 Å². The van der Waals surface area contributed by atoms with Crippen molar-refractivity contribution >= 4 is 34.0 Å². The molecule has 0 bridgehead atoms. The van der Waals surface area contributed by atoms with E-state index in [0.717, 1.165) is 39.5 Å². The number of fused-ring (bicyclic) bond motifs is 1. The molecule has 0 fully saturated rings. The molecule has 2 aromatic heterocycles. The summed E-state index contributed by atoms with van der Waals surface area (Å²) in [6.07, 6.45) is 2.87. The molecule has 31 heavy (non-hydrogen) atoms. The van der Waals surface area contributed by atoms with E-state index in [9.17, 15) is 4.79 Å². The van der Waals surface area contributed by atoms with Crippen LogP contribution in [-0.2, 0) is 17.6 Å². The van der Waals surface area contributed by atoms with E-state index in [1.54, 1.807) is 11.3 Å². The zero-order chi connectivity index (χ0) is 21.0. The van der Waals surface area contributed by atoms with E-state index in [-0.39, 0.29) is 12.3 Å². The molecule has 0 aliphatic heterocycles. The Hall–Kier alpha value is -3.77. The van der Waals surface area contributed by atoms with Crippen molar-refractivity contribution in [2.45, 2.75) is 12.8 Å². The molecule has 1 N–H and O–H groups in total. The van der Waals surface area contributed by atoms with Crippen molar-refractivity contribution in [3.05, 3.63) is 107 Å². The van der Waals surface area contributed by atoms with Crippen LogP contribution in [0.4, 0.5) is 5.69 Å². The third-order valence-electron chi connectivity index (χ3n) is 5.02. The number of para-hydroxylation sites is 2. The Morgan fingerprint density at radius 1 is 0.935 bits per heavy atom. The summed E-state index contributed by atoms with van der Waals surface area (Å²) < 4.78 is 2.03. The molecule has 5 nitrogen and oxygen atoms in total. The quantitative estimate of drug-likeness (QED) is 0.405. The monoisotopic (exact) mass is 424 g/mol. The average Bonchev–Trinajstić information content (AvgIpc) is 3.42. The average molecular weight is 425 g/mol. The van der Waals surface area contributed by atoms with Crippen LogP contribution >= 0.6 is 11.3 Å². The molecule has 3 aromatic carbocycles. The molecule has 152 valence electrons. The SMILES string of the molecule is O=C(Cc1csc(Cc2ccccc2)n1)Nc1ccc(-n2cnc3ccccc32)cc1. The summed E-state index contributed by atoms with van der Waals surface area (Å²) >= 11 is 1.59. The second kappa shape index (κ2) is 8.53. The Morgan fingerprint density at radius 2 is 1.71 bits per heavy atom. The number of anilines is 1. The Balaban J connectivity index is 1.22. The Kier molecular flexibility index (Phi) is 5.29. The highest BCUT2D eigenvalue weighted by atomic mass is 32.1. The lowest BCUT2D eigenvalue weighted by molar-refractivity contribution is -0.115. The lowest BCUT2D eigenvalue weighted by atomic mass is 10.2. The van der Waals surface area contributed by atoms with Gasteiger partial charge in [-0.2, -0.15) is 0 Å². The normalized spacial score (nSPS) is 11.0. The summed E-state index contributed by atoms with van der Waals surface area (Å²) in [5.74, 6) is -0.0719. The number of benzene rings is 3. The molecule has 0 saturated carbocycles. The van der Waals surface area contributed by atoms with E-state index in [0.29, 0.717) is 0 Å². The number of nitrogens with zero attached hydrogens (tertiary/aromatic N) is 3. The summed E-state index contributed by atoms with van der Waals surface area (Å²) in [7, 11) is 0. The molecule has 0 spiro atoms. The van der Waals surface area contributed by atoms with Crippen LogP contribution in [0.3, 0.4) is 0 Å². The van der Waals surface area contributed by atoms with E-state index in [1.807, 2.05) is 83.0 Å². The molecule has 0 radical (unpaired) electrons. The molecule has 0 aliphatic carbocycles. The largest absolute Gasteiger partial charge is 0.326 e. The van der Waals surface area contributed by atoms with Crippen LogP contribution in [0.5, 0.6) is 0 Å². The highest BCUT2D eigenvalue weighted by Crippen LogP contribution is 2.20. The summed E-state index contributed by atoms with van der Waals surface area (Å²) in [5.41, 5.74) is 5.78. The minimum atomic E-state index is -0.0719. The zero-order valence-electron chi connectivity index (χ0n) is 16.7. The van der Waals surface area contributed by atoms with Gasteiger partial charge in [0, 0.05) is 23.2 Å². The van der Waals surface area contributed by atoms with E-state index in [1.165, 1.54) is 5.56 Å². The molecule has 6 heteroatoms. The molecule has 5 rings (SSSR count). The van der Waals surface area contributed by atoms with Gasteiger partial charge in [0.15, 0.2) is 0 Å². The second-order valence-electron chi connectivity index (χ2n) is 7.27. The van der Waals surface area contributed by atoms with Crippen LogP contribution in [0.25, 0.3) is 16.7 Å². The molecular formula is C25H20N4OS. The number of imidazole rings is 1. The topological polar surface area (TPSA) is 59.8 Å². The van der Waals surface area contributed by atoms with Gasteiger partial charge in [-0.1, -0.05) is 42.5 Å². The summed E-state index contributed by atoms with van der Waals surface area (Å²) in [4.78, 5) is 21.5. The second-order valence-corrected chi connectivity index (χ2v) is 8.21. The van der Waals surface area contributed by atoms with Crippen molar-refractivity contribution in [1.82, 2.24) is 14.5 Å². The summed E-state index contributed by atoms with van der Waals surface area (Å²) in [6, 6.07) is 26.0. The van der Waals surface area contributed by atoms with Crippen molar-refractivity contribution in [2.24, 2.45) is 0 Å². The number of nitrogens with one attached hydrogen (secondary N) is 1.